The van der Waals surface area contributed by atoms with Gasteiger partial charge >= 0.3 is 10.8 Å². The predicted octanol–water partition coefficient (Wildman–Crippen LogP) is 1.14. The average molecular weight is 338 g/mol. The second-order valence-corrected chi connectivity index (χ2v) is 6.40. The second kappa shape index (κ2) is 5.64. The molecule has 9 heteroatoms. The Bertz CT molecular complexity index is 888. The number of hydrogen-bond donors (Lipinski definition) is 2. The van der Waals surface area contributed by atoms with E-state index >= 15 is 0 Å². The van der Waals surface area contributed by atoms with E-state index < -0.39 is 11.2 Å². The van der Waals surface area contributed by atoms with E-state index in [1.165, 1.54) is 10.8 Å². The molecule has 2 heterocycles. The number of benzene rings is 1. The lowest BCUT2D eigenvalue weighted by Crippen LogP contribution is -2.18. The van der Waals surface area contributed by atoms with Crippen LogP contribution < -0.4 is 11.4 Å². The van der Waals surface area contributed by atoms with Gasteiger partial charge in [0.1, 0.15) is 11.8 Å². The lowest BCUT2D eigenvalue weighted by Gasteiger charge is -2.06. The number of halogens is 1. The molecule has 1 unspecified atom stereocenters. The number of aromatic nitrogens is 4. The molecular formula is C13H12ClN5O2S. The van der Waals surface area contributed by atoms with Crippen LogP contribution in [0.4, 0.5) is 5.82 Å². The summed E-state index contributed by atoms with van der Waals surface area (Å²) >= 11 is 4.46. The van der Waals surface area contributed by atoms with Crippen molar-refractivity contribution in [3.63, 3.8) is 0 Å². The Morgan fingerprint density at radius 1 is 1.36 bits per heavy atom. The summed E-state index contributed by atoms with van der Waals surface area (Å²) in [6.45, 7) is 0.294. The minimum atomic E-state index is -1.39. The molecule has 3 rings (SSSR count). The summed E-state index contributed by atoms with van der Waals surface area (Å²) in [5.74, 6) is 0.0992. The highest BCUT2D eigenvalue weighted by Gasteiger charge is 2.18. The molecule has 7 nitrogen and oxygen atoms in total. The van der Waals surface area contributed by atoms with Crippen molar-refractivity contribution in [2.75, 3.05) is 12.0 Å². The summed E-state index contributed by atoms with van der Waals surface area (Å²) in [5, 5.41) is 0.708. The molecule has 0 radical (unpaired) electrons. The van der Waals surface area contributed by atoms with Crippen molar-refractivity contribution in [1.82, 2.24) is 19.5 Å². The number of nitrogens with two attached hydrogens (primary N) is 1. The number of hydrogen-bond acceptors (Lipinski definition) is 5. The van der Waals surface area contributed by atoms with E-state index in [0.717, 1.165) is 5.56 Å². The van der Waals surface area contributed by atoms with E-state index in [-0.39, 0.29) is 16.7 Å². The largest absolute Gasteiger partial charge is 0.609 e. The number of nitrogens with one attached hydrogen (secondary N) is 1. The van der Waals surface area contributed by atoms with Gasteiger partial charge in [-0.15, -0.1) is 0 Å². The van der Waals surface area contributed by atoms with Crippen LogP contribution >= 0.6 is 11.6 Å². The zero-order valence-corrected chi connectivity index (χ0v) is 13.1. The van der Waals surface area contributed by atoms with Crippen LogP contribution in [-0.2, 0) is 17.7 Å². The molecule has 22 heavy (non-hydrogen) atoms. The number of anilines is 1. The maximum Gasteiger partial charge on any atom is 0.346 e. The van der Waals surface area contributed by atoms with Gasteiger partial charge in [0.25, 0.3) is 0 Å². The topological polar surface area (TPSA) is 113 Å². The number of rotatable bonds is 3. The highest BCUT2D eigenvalue weighted by molar-refractivity contribution is 7.90. The zero-order chi connectivity index (χ0) is 15.9. The van der Waals surface area contributed by atoms with Gasteiger partial charge in [0.2, 0.25) is 0 Å². The summed E-state index contributed by atoms with van der Waals surface area (Å²) in [5.41, 5.74) is 7.00. The van der Waals surface area contributed by atoms with Gasteiger partial charge in [0, 0.05) is 16.2 Å². The summed E-state index contributed by atoms with van der Waals surface area (Å²) < 4.78 is 13.0. The normalized spacial score (nSPS) is 12.7. The minimum Gasteiger partial charge on any atom is -0.609 e. The summed E-state index contributed by atoms with van der Waals surface area (Å²) in [6.07, 6.45) is 1.45. The lowest BCUT2D eigenvalue weighted by molar-refractivity contribution is 0.592. The molecule has 0 amide bonds. The quantitative estimate of drug-likeness (QED) is 0.549. The molecule has 0 aliphatic heterocycles. The first-order chi connectivity index (χ1) is 10.5. The minimum absolute atomic E-state index is 0.0915. The van der Waals surface area contributed by atoms with Gasteiger partial charge in [0.05, 0.1) is 6.54 Å². The molecule has 0 saturated carbocycles. The van der Waals surface area contributed by atoms with Gasteiger partial charge in [-0.3, -0.25) is 4.57 Å². The Balaban J connectivity index is 2.14. The first kappa shape index (κ1) is 14.9. The molecule has 0 fully saturated rings. The fourth-order valence-corrected chi connectivity index (χ4v) is 2.65. The van der Waals surface area contributed by atoms with E-state index in [4.69, 9.17) is 17.3 Å². The fourth-order valence-electron chi connectivity index (χ4n) is 2.08. The van der Waals surface area contributed by atoms with Crippen LogP contribution in [0.1, 0.15) is 5.56 Å². The van der Waals surface area contributed by atoms with Crippen molar-refractivity contribution < 1.29 is 4.55 Å². The lowest BCUT2D eigenvalue weighted by atomic mass is 10.2. The smallest absolute Gasteiger partial charge is 0.346 e. The number of imidazole rings is 1. The van der Waals surface area contributed by atoms with Gasteiger partial charge in [-0.1, -0.05) is 23.7 Å². The number of nitrogen functional groups attached to an aromatic ring is 1. The van der Waals surface area contributed by atoms with Crippen LogP contribution in [0.5, 0.6) is 0 Å². The van der Waals surface area contributed by atoms with E-state index in [2.05, 4.69) is 15.0 Å². The van der Waals surface area contributed by atoms with Crippen LogP contribution in [0.3, 0.4) is 0 Å². The number of H-pyrrole nitrogens is 1. The molecule has 0 saturated heterocycles. The first-order valence-corrected chi connectivity index (χ1v) is 8.23. The van der Waals surface area contributed by atoms with Crippen molar-refractivity contribution in [2.24, 2.45) is 0 Å². The third-order valence-electron chi connectivity index (χ3n) is 3.14. The van der Waals surface area contributed by atoms with Crippen LogP contribution in [0.15, 0.2) is 34.2 Å². The molecule has 1 atom stereocenters. The molecule has 1 aromatic carbocycles. The molecular weight excluding hydrogens is 326 g/mol. The average Bonchev–Trinajstić information content (AvgIpc) is 2.78. The van der Waals surface area contributed by atoms with Crippen molar-refractivity contribution in [3.8, 4) is 0 Å². The van der Waals surface area contributed by atoms with E-state index in [1.807, 2.05) is 12.1 Å². The maximum absolute atomic E-state index is 12.1. The Morgan fingerprint density at radius 3 is 2.68 bits per heavy atom. The van der Waals surface area contributed by atoms with Crippen LogP contribution in [0.2, 0.25) is 5.02 Å². The second-order valence-electron chi connectivity index (χ2n) is 4.69. The Morgan fingerprint density at radius 2 is 2.05 bits per heavy atom. The molecule has 3 N–H and O–H groups in total. The summed E-state index contributed by atoms with van der Waals surface area (Å²) in [4.78, 5) is 22.9. The Labute approximate surface area is 133 Å². The molecule has 3 aromatic rings. The van der Waals surface area contributed by atoms with E-state index in [1.54, 1.807) is 12.1 Å². The number of nitrogens with zero attached hydrogens (tertiary/aromatic N) is 3. The van der Waals surface area contributed by atoms with E-state index in [9.17, 15) is 9.35 Å². The van der Waals surface area contributed by atoms with Crippen LogP contribution in [0.25, 0.3) is 11.2 Å². The molecule has 0 spiro atoms. The van der Waals surface area contributed by atoms with Gasteiger partial charge in [-0.2, -0.15) is 9.97 Å². The van der Waals surface area contributed by atoms with Gasteiger partial charge < -0.3 is 15.3 Å². The van der Waals surface area contributed by atoms with Crippen molar-refractivity contribution in [2.45, 2.75) is 11.7 Å². The third kappa shape index (κ3) is 2.68. The Hall–Kier alpha value is -2.03. The molecule has 0 bridgehead atoms. The molecule has 114 valence electrons. The highest BCUT2D eigenvalue weighted by Crippen LogP contribution is 2.18. The molecule has 0 aliphatic carbocycles. The predicted molar refractivity (Wildman–Crippen MR) is 85.4 cm³/mol. The van der Waals surface area contributed by atoms with Gasteiger partial charge in [0.15, 0.2) is 11.5 Å². The first-order valence-electron chi connectivity index (χ1n) is 6.29. The maximum atomic E-state index is 12.1. The standard InChI is InChI=1S/C13H12ClN5O2S/c1-22(21)12-17-10(15)9-11(18-12)19(13(20)16-9)6-7-2-4-8(14)5-3-7/h2-5H,6H2,1H3,(H,16,20)(H2,15,17,18). The van der Waals surface area contributed by atoms with Crippen molar-refractivity contribution >= 4 is 39.8 Å². The zero-order valence-electron chi connectivity index (χ0n) is 11.5. The van der Waals surface area contributed by atoms with E-state index in [0.29, 0.717) is 22.7 Å². The molecule has 2 aromatic heterocycles. The third-order valence-corrected chi connectivity index (χ3v) is 4.09. The Kier molecular flexibility index (Phi) is 3.81. The summed E-state index contributed by atoms with van der Waals surface area (Å²) in [6, 6.07) is 7.12. The highest BCUT2D eigenvalue weighted by atomic mass is 35.5. The SMILES string of the molecule is C[S+]([O-])c1nc(N)c2[nH]c(=O)n(Cc3ccc(Cl)cc3)c2n1. The van der Waals surface area contributed by atoms with Crippen LogP contribution in [-0.4, -0.2) is 30.3 Å². The van der Waals surface area contributed by atoms with Crippen LogP contribution in [0, 0.1) is 0 Å². The number of aromatic amines is 1. The van der Waals surface area contributed by atoms with Crippen molar-refractivity contribution in [1.29, 1.82) is 0 Å². The van der Waals surface area contributed by atoms with Gasteiger partial charge in [-0.25, -0.2) is 4.79 Å². The van der Waals surface area contributed by atoms with Crippen molar-refractivity contribution in [3.05, 3.63) is 45.3 Å². The number of fused-ring (bicyclic) bond motifs is 1. The van der Waals surface area contributed by atoms with Gasteiger partial charge in [-0.05, 0) is 17.7 Å². The monoisotopic (exact) mass is 337 g/mol. The molecule has 0 aliphatic rings. The summed E-state index contributed by atoms with van der Waals surface area (Å²) in [7, 11) is 0. The fraction of sp³-hybridized carbons (Fsp3) is 0.154.